The summed E-state index contributed by atoms with van der Waals surface area (Å²) in [5, 5.41) is 9.52. The van der Waals surface area contributed by atoms with Gasteiger partial charge in [-0.1, -0.05) is 26.7 Å². The predicted octanol–water partition coefficient (Wildman–Crippen LogP) is 2.75. The third-order valence-corrected chi connectivity index (χ3v) is 4.70. The van der Waals surface area contributed by atoms with Crippen molar-refractivity contribution in [2.24, 2.45) is 11.3 Å². The van der Waals surface area contributed by atoms with Gasteiger partial charge in [0.15, 0.2) is 0 Å². The number of hydrogen-bond acceptors (Lipinski definition) is 2. The second kappa shape index (κ2) is 4.97. The molecule has 1 aliphatic heterocycles. The van der Waals surface area contributed by atoms with Crippen LogP contribution in [0.4, 0.5) is 0 Å². The van der Waals surface area contributed by atoms with Gasteiger partial charge in [0.05, 0.1) is 5.41 Å². The Hall–Kier alpha value is -0.570. The van der Waals surface area contributed by atoms with Crippen molar-refractivity contribution >= 4 is 5.97 Å². The normalized spacial score (nSPS) is 29.0. The summed E-state index contributed by atoms with van der Waals surface area (Å²) in [5.41, 5.74) is -0.433. The van der Waals surface area contributed by atoms with Crippen LogP contribution >= 0.6 is 0 Å². The quantitative estimate of drug-likeness (QED) is 0.820. The largest absolute Gasteiger partial charge is 0.481 e. The van der Waals surface area contributed by atoms with Gasteiger partial charge in [-0.05, 0) is 38.1 Å². The maximum Gasteiger partial charge on any atom is 0.310 e. The Labute approximate surface area is 104 Å². The van der Waals surface area contributed by atoms with Crippen LogP contribution in [0, 0.1) is 11.3 Å². The molecule has 1 atom stereocenters. The van der Waals surface area contributed by atoms with Gasteiger partial charge in [0.25, 0.3) is 0 Å². The lowest BCUT2D eigenvalue weighted by atomic mass is 9.85. The second-order valence-electron chi connectivity index (χ2n) is 6.22. The number of nitrogens with zero attached hydrogens (tertiary/aromatic N) is 1. The highest BCUT2D eigenvalue weighted by Crippen LogP contribution is 2.41. The maximum atomic E-state index is 11.6. The molecule has 0 radical (unpaired) electrons. The molecular weight excluding hydrogens is 214 g/mol. The Balaban J connectivity index is 2.05. The van der Waals surface area contributed by atoms with Crippen LogP contribution in [0.3, 0.4) is 0 Å². The van der Waals surface area contributed by atoms with Gasteiger partial charge in [-0.2, -0.15) is 0 Å². The molecule has 0 aromatic rings. The lowest BCUT2D eigenvalue weighted by Crippen LogP contribution is -2.45. The number of carboxylic acids is 1. The summed E-state index contributed by atoms with van der Waals surface area (Å²) in [6, 6.07) is 0.604. The third-order valence-electron chi connectivity index (χ3n) is 4.70. The minimum Gasteiger partial charge on any atom is -0.481 e. The van der Waals surface area contributed by atoms with Gasteiger partial charge >= 0.3 is 5.97 Å². The first kappa shape index (κ1) is 12.9. The van der Waals surface area contributed by atoms with Crippen molar-refractivity contribution in [2.75, 3.05) is 13.1 Å². The van der Waals surface area contributed by atoms with Gasteiger partial charge in [0.2, 0.25) is 0 Å². The first-order valence-corrected chi connectivity index (χ1v) is 7.03. The molecule has 1 aliphatic carbocycles. The molecule has 0 amide bonds. The van der Waals surface area contributed by atoms with Crippen LogP contribution in [0.1, 0.15) is 52.4 Å². The van der Waals surface area contributed by atoms with Crippen LogP contribution < -0.4 is 0 Å². The van der Waals surface area contributed by atoms with Crippen molar-refractivity contribution in [3.63, 3.8) is 0 Å². The fraction of sp³-hybridized carbons (Fsp3) is 0.929. The van der Waals surface area contributed by atoms with Crippen LogP contribution in [0.2, 0.25) is 0 Å². The monoisotopic (exact) mass is 239 g/mol. The van der Waals surface area contributed by atoms with Crippen LogP contribution in [-0.4, -0.2) is 35.1 Å². The molecule has 1 saturated heterocycles. The first-order chi connectivity index (χ1) is 8.05. The lowest BCUT2D eigenvalue weighted by Gasteiger charge is -2.34. The van der Waals surface area contributed by atoms with E-state index in [2.05, 4.69) is 18.7 Å². The van der Waals surface area contributed by atoms with E-state index < -0.39 is 11.4 Å². The standard InChI is InChI=1S/C14H25NO2/c1-11(2)12-6-5-9-15(12)10-14(13(16)17)7-3-4-8-14/h11-12H,3-10H2,1-2H3,(H,16,17). The number of hydrogen-bond donors (Lipinski definition) is 1. The average molecular weight is 239 g/mol. The summed E-state index contributed by atoms with van der Waals surface area (Å²) in [5.74, 6) is 0.0779. The number of carboxylic acid groups (broad SMARTS) is 1. The summed E-state index contributed by atoms with van der Waals surface area (Å²) in [6.07, 6.45) is 6.41. The maximum absolute atomic E-state index is 11.6. The summed E-state index contributed by atoms with van der Waals surface area (Å²) in [7, 11) is 0. The van der Waals surface area contributed by atoms with Gasteiger partial charge in [-0.25, -0.2) is 0 Å². The fourth-order valence-corrected chi connectivity index (χ4v) is 3.68. The fourth-order valence-electron chi connectivity index (χ4n) is 3.68. The van der Waals surface area contributed by atoms with E-state index in [-0.39, 0.29) is 0 Å². The number of aliphatic carboxylic acids is 1. The summed E-state index contributed by atoms with van der Waals surface area (Å²) >= 11 is 0. The van der Waals surface area contributed by atoms with Gasteiger partial charge in [0, 0.05) is 12.6 Å². The molecule has 2 aliphatic rings. The Morgan fingerprint density at radius 2 is 2.00 bits per heavy atom. The zero-order chi connectivity index (χ0) is 12.5. The van der Waals surface area contributed by atoms with E-state index in [1.807, 2.05) is 0 Å². The lowest BCUT2D eigenvalue weighted by molar-refractivity contribution is -0.150. The second-order valence-corrected chi connectivity index (χ2v) is 6.22. The Bertz CT molecular complexity index is 282. The minimum atomic E-state index is -0.565. The Kier molecular flexibility index (Phi) is 3.76. The predicted molar refractivity (Wildman–Crippen MR) is 68.0 cm³/mol. The van der Waals surface area contributed by atoms with Gasteiger partial charge in [0.1, 0.15) is 0 Å². The van der Waals surface area contributed by atoms with Crippen LogP contribution in [-0.2, 0) is 4.79 Å². The Morgan fingerprint density at radius 1 is 1.35 bits per heavy atom. The van der Waals surface area contributed by atoms with Crippen molar-refractivity contribution in [1.29, 1.82) is 0 Å². The van der Waals surface area contributed by atoms with Crippen molar-refractivity contribution in [2.45, 2.75) is 58.4 Å². The molecule has 1 unspecified atom stereocenters. The van der Waals surface area contributed by atoms with Gasteiger partial charge in [-0.3, -0.25) is 9.69 Å². The summed E-state index contributed by atoms with van der Waals surface area (Å²) < 4.78 is 0. The number of likely N-dealkylation sites (tertiary alicyclic amines) is 1. The average Bonchev–Trinajstić information content (AvgIpc) is 2.87. The van der Waals surface area contributed by atoms with Crippen molar-refractivity contribution in [3.8, 4) is 0 Å². The Morgan fingerprint density at radius 3 is 2.53 bits per heavy atom. The van der Waals surface area contributed by atoms with Crippen LogP contribution in [0.5, 0.6) is 0 Å². The number of carbonyl (C=O) groups is 1. The molecule has 0 bridgehead atoms. The first-order valence-electron chi connectivity index (χ1n) is 7.03. The molecule has 0 spiro atoms. The van der Waals surface area contributed by atoms with E-state index in [4.69, 9.17) is 0 Å². The molecule has 17 heavy (non-hydrogen) atoms. The molecular formula is C14H25NO2. The zero-order valence-electron chi connectivity index (χ0n) is 11.1. The molecule has 3 nitrogen and oxygen atoms in total. The van der Waals surface area contributed by atoms with Crippen molar-refractivity contribution in [3.05, 3.63) is 0 Å². The SMILES string of the molecule is CC(C)C1CCCN1CC1(C(=O)O)CCCC1. The molecule has 2 fully saturated rings. The van der Waals surface area contributed by atoms with E-state index in [1.54, 1.807) is 0 Å². The van der Waals surface area contributed by atoms with Crippen molar-refractivity contribution < 1.29 is 9.90 Å². The smallest absolute Gasteiger partial charge is 0.310 e. The van der Waals surface area contributed by atoms with E-state index >= 15 is 0 Å². The van der Waals surface area contributed by atoms with Gasteiger partial charge < -0.3 is 5.11 Å². The van der Waals surface area contributed by atoms with Crippen LogP contribution in [0.15, 0.2) is 0 Å². The highest BCUT2D eigenvalue weighted by Gasteiger charge is 2.44. The molecule has 0 aromatic carbocycles. The minimum absolute atomic E-state index is 0.433. The highest BCUT2D eigenvalue weighted by atomic mass is 16.4. The molecule has 1 N–H and O–H groups in total. The highest BCUT2D eigenvalue weighted by molar-refractivity contribution is 5.75. The molecule has 3 heteroatoms. The molecule has 0 aromatic heterocycles. The van der Waals surface area contributed by atoms with Crippen molar-refractivity contribution in [1.82, 2.24) is 4.90 Å². The van der Waals surface area contributed by atoms with E-state index in [1.165, 1.54) is 12.8 Å². The van der Waals surface area contributed by atoms with E-state index in [0.29, 0.717) is 12.0 Å². The number of rotatable bonds is 4. The van der Waals surface area contributed by atoms with E-state index in [9.17, 15) is 9.90 Å². The summed E-state index contributed by atoms with van der Waals surface area (Å²) in [6.45, 7) is 6.39. The zero-order valence-corrected chi connectivity index (χ0v) is 11.1. The topological polar surface area (TPSA) is 40.5 Å². The third kappa shape index (κ3) is 2.49. The van der Waals surface area contributed by atoms with E-state index in [0.717, 1.165) is 38.8 Å². The van der Waals surface area contributed by atoms with Gasteiger partial charge in [-0.15, -0.1) is 0 Å². The molecule has 2 rings (SSSR count). The summed E-state index contributed by atoms with van der Waals surface area (Å²) in [4.78, 5) is 14.0. The molecule has 1 saturated carbocycles. The molecule has 1 heterocycles. The van der Waals surface area contributed by atoms with Crippen LogP contribution in [0.25, 0.3) is 0 Å². The molecule has 98 valence electrons.